The van der Waals surface area contributed by atoms with E-state index < -0.39 is 12.1 Å². The van der Waals surface area contributed by atoms with E-state index in [0.717, 1.165) is 0 Å². The van der Waals surface area contributed by atoms with Gasteiger partial charge in [-0.3, -0.25) is 0 Å². The van der Waals surface area contributed by atoms with E-state index in [2.05, 4.69) is 27.2 Å². The average Bonchev–Trinajstić information content (AvgIpc) is 2.24. The molecule has 0 aromatic rings. The van der Waals surface area contributed by atoms with Gasteiger partial charge in [-0.1, -0.05) is 28.6 Å². The van der Waals surface area contributed by atoms with E-state index in [4.69, 9.17) is 0 Å². The number of hydrogen-bond acceptors (Lipinski definition) is 3. The lowest BCUT2D eigenvalue weighted by Crippen LogP contribution is -2.39. The van der Waals surface area contributed by atoms with Crippen molar-refractivity contribution >= 4 is 33.7 Å². The molecule has 0 saturated heterocycles. The van der Waals surface area contributed by atoms with Gasteiger partial charge in [-0.2, -0.15) is 4.79 Å². The third kappa shape index (κ3) is 1.78. The molecule has 0 saturated carbocycles. The first-order valence-corrected chi connectivity index (χ1v) is 5.61. The number of ether oxygens (including phenoxy) is 1. The molecule has 1 unspecified atom stereocenters. The fraction of sp³-hybridized carbons (Fsp3) is 0.182. The summed E-state index contributed by atoms with van der Waals surface area (Å²) < 4.78 is 6.00. The number of allylic oxidation sites excluding steroid dienone is 3. The molecule has 1 aliphatic heterocycles. The van der Waals surface area contributed by atoms with Gasteiger partial charge in [0.1, 0.15) is 5.57 Å². The van der Waals surface area contributed by atoms with Crippen molar-refractivity contribution in [1.29, 1.82) is 0 Å². The maximum atomic E-state index is 11.5. The molecule has 5 heteroatoms. The highest BCUT2D eigenvalue weighted by Crippen LogP contribution is 2.19. The highest BCUT2D eigenvalue weighted by atomic mass is 79.9. The zero-order chi connectivity index (χ0) is 11.7. The monoisotopic (exact) mass is 282 g/mol. The van der Waals surface area contributed by atoms with Gasteiger partial charge in [0.25, 0.3) is 0 Å². The van der Waals surface area contributed by atoms with Gasteiger partial charge in [0.2, 0.25) is 5.71 Å². The third-order valence-electron chi connectivity index (χ3n) is 2.26. The van der Waals surface area contributed by atoms with Gasteiger partial charge in [-0.05, 0) is 12.2 Å². The van der Waals surface area contributed by atoms with Crippen molar-refractivity contribution in [2.45, 2.75) is 4.83 Å². The second-order valence-electron chi connectivity index (χ2n) is 3.32. The number of carbonyl (C=O) groups excluding carboxylic acids is 2. The quantitative estimate of drug-likeness (QED) is 0.254. The number of alkyl halides is 1. The third-order valence-corrected chi connectivity index (χ3v) is 2.83. The van der Waals surface area contributed by atoms with Crippen LogP contribution in [0.15, 0.2) is 36.5 Å². The van der Waals surface area contributed by atoms with Crippen LogP contribution in [0.4, 0.5) is 4.79 Å². The topological polar surface area (TPSA) is 46.4 Å². The van der Waals surface area contributed by atoms with E-state index in [-0.39, 0.29) is 4.83 Å². The van der Waals surface area contributed by atoms with E-state index in [9.17, 15) is 9.59 Å². The minimum Gasteiger partial charge on any atom is -0.333 e. The zero-order valence-electron chi connectivity index (χ0n) is 8.35. The molecule has 4 nitrogen and oxygen atoms in total. The predicted octanol–water partition coefficient (Wildman–Crippen LogP) is 1.56. The van der Waals surface area contributed by atoms with E-state index in [1.807, 2.05) is 6.08 Å². The van der Waals surface area contributed by atoms with Crippen LogP contribution in [0.5, 0.6) is 0 Å². The van der Waals surface area contributed by atoms with Crippen LogP contribution >= 0.6 is 15.9 Å². The van der Waals surface area contributed by atoms with Gasteiger partial charge in [0, 0.05) is 6.08 Å². The summed E-state index contributed by atoms with van der Waals surface area (Å²) in [6.07, 6.45) is 6.21. The SMILES string of the molecule is C=CC[N+]1=C2C=CC(Br)C=C2C(=O)OC1=O. The number of fused-ring (bicyclic) bond motifs is 1. The molecule has 0 fully saturated rings. The second kappa shape index (κ2) is 4.17. The molecule has 0 spiro atoms. The van der Waals surface area contributed by atoms with Crippen molar-refractivity contribution in [3.8, 4) is 0 Å². The minimum atomic E-state index is -0.658. The maximum absolute atomic E-state index is 11.5. The van der Waals surface area contributed by atoms with Gasteiger partial charge in [0.05, 0.1) is 4.83 Å². The summed E-state index contributed by atoms with van der Waals surface area (Å²) in [6, 6.07) is 0. The largest absolute Gasteiger partial charge is 0.605 e. The van der Waals surface area contributed by atoms with Crippen LogP contribution in [0.3, 0.4) is 0 Å². The van der Waals surface area contributed by atoms with Crippen LogP contribution in [-0.2, 0) is 9.53 Å². The molecule has 0 radical (unpaired) electrons. The first-order valence-electron chi connectivity index (χ1n) is 4.69. The molecule has 0 bridgehead atoms. The molecule has 2 aliphatic rings. The van der Waals surface area contributed by atoms with Crippen molar-refractivity contribution in [2.75, 3.05) is 6.54 Å². The molecule has 2 rings (SSSR count). The Kier molecular flexibility index (Phi) is 2.87. The lowest BCUT2D eigenvalue weighted by Gasteiger charge is -2.15. The number of amides is 1. The first-order chi connectivity index (χ1) is 7.63. The predicted molar refractivity (Wildman–Crippen MR) is 61.8 cm³/mol. The summed E-state index contributed by atoms with van der Waals surface area (Å²) in [6.45, 7) is 3.88. The number of nitrogens with zero attached hydrogens (tertiary/aromatic N) is 1. The minimum absolute atomic E-state index is 0.0161. The maximum Gasteiger partial charge on any atom is 0.605 e. The Balaban J connectivity index is 2.55. The zero-order valence-corrected chi connectivity index (χ0v) is 9.94. The van der Waals surface area contributed by atoms with Crippen molar-refractivity contribution < 1.29 is 18.9 Å². The van der Waals surface area contributed by atoms with Crippen LogP contribution in [0.1, 0.15) is 0 Å². The highest BCUT2D eigenvalue weighted by molar-refractivity contribution is 9.09. The summed E-state index contributed by atoms with van der Waals surface area (Å²) in [5, 5.41) is 0. The van der Waals surface area contributed by atoms with Crippen LogP contribution in [0.25, 0.3) is 0 Å². The Morgan fingerprint density at radius 1 is 1.56 bits per heavy atom. The Bertz CT molecular complexity index is 474. The van der Waals surface area contributed by atoms with E-state index in [1.54, 1.807) is 18.2 Å². The van der Waals surface area contributed by atoms with Gasteiger partial charge in [-0.15, -0.1) is 4.58 Å². The molecule has 0 N–H and O–H groups in total. The average molecular weight is 283 g/mol. The molecule has 0 aromatic heterocycles. The number of halogens is 1. The number of esters is 1. The molecule has 1 heterocycles. The fourth-order valence-electron chi connectivity index (χ4n) is 1.57. The number of hydrogen-bond donors (Lipinski definition) is 0. The Morgan fingerprint density at radius 2 is 2.31 bits per heavy atom. The first kappa shape index (κ1) is 11.0. The highest BCUT2D eigenvalue weighted by Gasteiger charge is 2.39. The van der Waals surface area contributed by atoms with Crippen molar-refractivity contribution in [1.82, 2.24) is 0 Å². The van der Waals surface area contributed by atoms with Crippen LogP contribution < -0.4 is 0 Å². The summed E-state index contributed by atoms with van der Waals surface area (Å²) in [7, 11) is 0. The van der Waals surface area contributed by atoms with Gasteiger partial charge in [-0.25, -0.2) is 4.79 Å². The number of carbonyl (C=O) groups is 2. The summed E-state index contributed by atoms with van der Waals surface area (Å²) in [4.78, 5) is 23.0. The fourth-order valence-corrected chi connectivity index (χ4v) is 1.99. The van der Waals surface area contributed by atoms with E-state index >= 15 is 0 Å². The molecule has 1 atom stereocenters. The van der Waals surface area contributed by atoms with Gasteiger partial charge < -0.3 is 4.74 Å². The summed E-state index contributed by atoms with van der Waals surface area (Å²) in [5.41, 5.74) is 0.975. The standard InChI is InChI=1S/C11H9BrNO3/c1-2-5-13-9-4-3-7(12)6-8(9)10(14)16-11(13)15/h2-4,6-7H,1,5H2/q+1. The van der Waals surface area contributed by atoms with Gasteiger partial charge >= 0.3 is 12.1 Å². The smallest absolute Gasteiger partial charge is 0.333 e. The van der Waals surface area contributed by atoms with Crippen LogP contribution in [0.2, 0.25) is 0 Å². The Hall–Kier alpha value is -1.49. The second-order valence-corrected chi connectivity index (χ2v) is 4.38. The molecule has 16 heavy (non-hydrogen) atoms. The molecular weight excluding hydrogens is 274 g/mol. The lowest BCUT2D eigenvalue weighted by atomic mass is 10.0. The molecule has 82 valence electrons. The van der Waals surface area contributed by atoms with Crippen molar-refractivity contribution in [3.63, 3.8) is 0 Å². The van der Waals surface area contributed by atoms with E-state index in [1.165, 1.54) is 4.58 Å². The van der Waals surface area contributed by atoms with Crippen LogP contribution in [0, 0.1) is 0 Å². The Morgan fingerprint density at radius 3 is 3.00 bits per heavy atom. The lowest BCUT2D eigenvalue weighted by molar-refractivity contribution is -0.433. The van der Waals surface area contributed by atoms with Crippen LogP contribution in [-0.4, -0.2) is 33.7 Å². The molecule has 0 aromatic carbocycles. The number of cyclic esters (lactones) is 2. The summed E-state index contributed by atoms with van der Waals surface area (Å²) in [5.74, 6) is -0.603. The Labute approximate surface area is 101 Å². The molecular formula is C11H9BrNO3+. The molecule has 1 aliphatic carbocycles. The van der Waals surface area contributed by atoms with Crippen molar-refractivity contribution in [3.05, 3.63) is 36.5 Å². The number of rotatable bonds is 2. The van der Waals surface area contributed by atoms with E-state index in [0.29, 0.717) is 17.8 Å². The normalized spacial score (nSPS) is 23.8. The van der Waals surface area contributed by atoms with Gasteiger partial charge in [0.15, 0.2) is 6.54 Å². The molecule has 1 amide bonds. The summed E-state index contributed by atoms with van der Waals surface area (Å²) >= 11 is 3.34. The van der Waals surface area contributed by atoms with Crippen molar-refractivity contribution in [2.24, 2.45) is 0 Å².